The maximum Gasteiger partial charge on any atom is 0.277 e. The van der Waals surface area contributed by atoms with Crippen molar-refractivity contribution >= 4 is 29.1 Å². The lowest BCUT2D eigenvalue weighted by atomic mass is 10.1. The first-order valence-corrected chi connectivity index (χ1v) is 11.6. The number of ketones is 1. The Morgan fingerprint density at radius 2 is 1.69 bits per heavy atom. The van der Waals surface area contributed by atoms with Gasteiger partial charge in [0.15, 0.2) is 17.3 Å². The van der Waals surface area contributed by atoms with Crippen molar-refractivity contribution in [3.8, 4) is 28.7 Å². The van der Waals surface area contributed by atoms with E-state index in [1.54, 1.807) is 43.3 Å². The zero-order valence-corrected chi connectivity index (χ0v) is 20.0. The van der Waals surface area contributed by atoms with Crippen molar-refractivity contribution in [2.75, 3.05) is 19.8 Å². The van der Waals surface area contributed by atoms with Crippen molar-refractivity contribution in [2.24, 2.45) is 0 Å². The highest BCUT2D eigenvalue weighted by Crippen LogP contribution is 2.42. The summed E-state index contributed by atoms with van der Waals surface area (Å²) in [6.45, 7) is 8.86. The van der Waals surface area contributed by atoms with E-state index in [-0.39, 0.29) is 11.0 Å². The van der Waals surface area contributed by atoms with Crippen LogP contribution in [0.4, 0.5) is 0 Å². The highest BCUT2D eigenvalue weighted by atomic mass is 35.5. The van der Waals surface area contributed by atoms with E-state index < -0.39 is 5.25 Å². The van der Waals surface area contributed by atoms with Crippen LogP contribution >= 0.6 is 23.4 Å². The molecular weight excluding hydrogens is 452 g/mol. The number of aromatic nitrogens is 2. The van der Waals surface area contributed by atoms with Gasteiger partial charge in [0, 0.05) is 16.1 Å². The second kappa shape index (κ2) is 11.2. The molecule has 32 heavy (non-hydrogen) atoms. The van der Waals surface area contributed by atoms with E-state index in [0.29, 0.717) is 59.1 Å². The maximum atomic E-state index is 12.7. The molecule has 3 aromatic rings. The predicted molar refractivity (Wildman–Crippen MR) is 124 cm³/mol. The van der Waals surface area contributed by atoms with Gasteiger partial charge in [-0.05, 0) is 52.0 Å². The smallest absolute Gasteiger partial charge is 0.277 e. The standard InChI is InChI=1S/C23H25ClN2O5S/c1-5-28-18-12-16(13-19(29-6-2)21(18)30-7-3)22-25-26-23(31-22)32-14(4)20(27)15-9-8-10-17(24)11-15/h8-14H,5-7H2,1-4H3. The molecule has 0 aliphatic rings. The van der Waals surface area contributed by atoms with Crippen LogP contribution in [-0.2, 0) is 0 Å². The summed E-state index contributed by atoms with van der Waals surface area (Å²) in [5.74, 6) is 1.82. The Morgan fingerprint density at radius 1 is 1.03 bits per heavy atom. The molecule has 1 heterocycles. The lowest BCUT2D eigenvalue weighted by Crippen LogP contribution is -2.13. The summed E-state index contributed by atoms with van der Waals surface area (Å²) >= 11 is 7.18. The minimum atomic E-state index is -0.430. The molecule has 3 rings (SSSR count). The Kier molecular flexibility index (Phi) is 8.41. The van der Waals surface area contributed by atoms with Gasteiger partial charge >= 0.3 is 0 Å². The molecule has 0 N–H and O–H groups in total. The van der Waals surface area contributed by atoms with Gasteiger partial charge in [-0.2, -0.15) is 0 Å². The Morgan fingerprint density at radius 3 is 2.28 bits per heavy atom. The lowest BCUT2D eigenvalue weighted by Gasteiger charge is -2.16. The average Bonchev–Trinajstić information content (AvgIpc) is 3.24. The first kappa shape index (κ1) is 23.9. The third-order valence-corrected chi connectivity index (χ3v) is 5.49. The molecule has 170 valence electrons. The maximum absolute atomic E-state index is 12.7. The van der Waals surface area contributed by atoms with Crippen LogP contribution in [0.25, 0.3) is 11.5 Å². The molecule has 1 unspecified atom stereocenters. The fraction of sp³-hybridized carbons (Fsp3) is 0.348. The quantitative estimate of drug-likeness (QED) is 0.248. The summed E-state index contributed by atoms with van der Waals surface area (Å²) in [7, 11) is 0. The topological polar surface area (TPSA) is 83.7 Å². The van der Waals surface area contributed by atoms with E-state index >= 15 is 0 Å². The van der Waals surface area contributed by atoms with Crippen LogP contribution in [0.5, 0.6) is 17.2 Å². The van der Waals surface area contributed by atoms with Gasteiger partial charge in [0.25, 0.3) is 5.22 Å². The van der Waals surface area contributed by atoms with E-state index in [2.05, 4.69) is 10.2 Å². The van der Waals surface area contributed by atoms with Crippen molar-refractivity contribution in [2.45, 2.75) is 38.2 Å². The molecule has 0 bridgehead atoms. The predicted octanol–water partition coefficient (Wildman–Crippen LogP) is 5.95. The van der Waals surface area contributed by atoms with Crippen LogP contribution in [0.1, 0.15) is 38.1 Å². The first-order chi connectivity index (χ1) is 15.5. The molecule has 0 radical (unpaired) electrons. The second-order valence-corrected chi connectivity index (χ2v) is 8.34. The molecule has 0 saturated carbocycles. The van der Waals surface area contributed by atoms with E-state index in [1.165, 1.54) is 11.8 Å². The van der Waals surface area contributed by atoms with Gasteiger partial charge in [-0.25, -0.2) is 0 Å². The van der Waals surface area contributed by atoms with Crippen molar-refractivity contribution < 1.29 is 23.4 Å². The Hall–Kier alpha value is -2.71. The summed E-state index contributed by atoms with van der Waals surface area (Å²) < 4.78 is 23.0. The lowest BCUT2D eigenvalue weighted by molar-refractivity contribution is 0.0993. The van der Waals surface area contributed by atoms with Crippen molar-refractivity contribution in [3.05, 3.63) is 47.0 Å². The molecule has 0 amide bonds. The fourth-order valence-corrected chi connectivity index (χ4v) is 3.92. The molecule has 0 fully saturated rings. The van der Waals surface area contributed by atoms with Crippen LogP contribution in [0, 0.1) is 0 Å². The number of benzene rings is 2. The second-order valence-electron chi connectivity index (χ2n) is 6.61. The number of halogens is 1. The number of thioether (sulfide) groups is 1. The Bertz CT molecular complexity index is 1050. The van der Waals surface area contributed by atoms with Crippen LogP contribution in [0.2, 0.25) is 5.02 Å². The molecule has 9 heteroatoms. The fourth-order valence-electron chi connectivity index (χ4n) is 2.97. The molecule has 2 aromatic carbocycles. The number of carbonyl (C=O) groups is 1. The summed E-state index contributed by atoms with van der Waals surface area (Å²) in [4.78, 5) is 12.7. The molecule has 7 nitrogen and oxygen atoms in total. The van der Waals surface area contributed by atoms with Crippen LogP contribution in [0.15, 0.2) is 46.0 Å². The van der Waals surface area contributed by atoms with Crippen LogP contribution in [0.3, 0.4) is 0 Å². The number of hydrogen-bond donors (Lipinski definition) is 0. The van der Waals surface area contributed by atoms with Gasteiger partial charge in [0.05, 0.1) is 25.1 Å². The van der Waals surface area contributed by atoms with Gasteiger partial charge < -0.3 is 18.6 Å². The van der Waals surface area contributed by atoms with E-state index in [0.717, 1.165) is 0 Å². The average molecular weight is 477 g/mol. The van der Waals surface area contributed by atoms with E-state index in [4.69, 9.17) is 30.2 Å². The SMILES string of the molecule is CCOc1cc(-c2nnc(SC(C)C(=O)c3cccc(Cl)c3)o2)cc(OCC)c1OCC. The summed E-state index contributed by atoms with van der Waals surface area (Å²) in [6.07, 6.45) is 0. The van der Waals surface area contributed by atoms with Crippen molar-refractivity contribution in [1.29, 1.82) is 0 Å². The number of hydrogen-bond acceptors (Lipinski definition) is 8. The van der Waals surface area contributed by atoms with Gasteiger partial charge in [-0.1, -0.05) is 35.5 Å². The van der Waals surface area contributed by atoms with Gasteiger partial charge in [-0.15, -0.1) is 10.2 Å². The minimum Gasteiger partial charge on any atom is -0.490 e. The van der Waals surface area contributed by atoms with E-state index in [9.17, 15) is 4.79 Å². The van der Waals surface area contributed by atoms with Crippen molar-refractivity contribution in [1.82, 2.24) is 10.2 Å². The summed E-state index contributed by atoms with van der Waals surface area (Å²) in [6, 6.07) is 10.4. The molecule has 0 spiro atoms. The summed E-state index contributed by atoms with van der Waals surface area (Å²) in [5.41, 5.74) is 1.17. The van der Waals surface area contributed by atoms with Gasteiger partial charge in [0.1, 0.15) is 0 Å². The largest absolute Gasteiger partial charge is 0.490 e. The van der Waals surface area contributed by atoms with Crippen LogP contribution < -0.4 is 14.2 Å². The normalized spacial score (nSPS) is 11.8. The molecule has 0 aliphatic carbocycles. The number of Topliss-reactive ketones (excluding diaryl/α,β-unsaturated/α-hetero) is 1. The molecular formula is C23H25ClN2O5S. The van der Waals surface area contributed by atoms with Gasteiger partial charge in [0.2, 0.25) is 11.6 Å². The first-order valence-electron chi connectivity index (χ1n) is 10.3. The number of rotatable bonds is 11. The Balaban J connectivity index is 1.84. The highest BCUT2D eigenvalue weighted by molar-refractivity contribution is 8.00. The van der Waals surface area contributed by atoms with Gasteiger partial charge in [-0.3, -0.25) is 4.79 Å². The van der Waals surface area contributed by atoms with Crippen LogP contribution in [-0.4, -0.2) is 41.1 Å². The zero-order valence-electron chi connectivity index (χ0n) is 18.4. The molecule has 0 saturated heterocycles. The minimum absolute atomic E-state index is 0.0735. The molecule has 1 atom stereocenters. The number of carbonyl (C=O) groups excluding carboxylic acids is 1. The summed E-state index contributed by atoms with van der Waals surface area (Å²) in [5, 5.41) is 8.60. The Labute approximate surface area is 196 Å². The zero-order chi connectivity index (χ0) is 23.1. The number of nitrogens with zero attached hydrogens (tertiary/aromatic N) is 2. The van der Waals surface area contributed by atoms with E-state index in [1.807, 2.05) is 20.8 Å². The highest BCUT2D eigenvalue weighted by Gasteiger charge is 2.22. The molecule has 0 aliphatic heterocycles. The van der Waals surface area contributed by atoms with Crippen molar-refractivity contribution in [3.63, 3.8) is 0 Å². The monoisotopic (exact) mass is 476 g/mol. The molecule has 1 aromatic heterocycles. The third-order valence-electron chi connectivity index (χ3n) is 4.32. The third kappa shape index (κ3) is 5.75. The number of ether oxygens (including phenoxy) is 3.